The molecule has 0 radical (unpaired) electrons. The highest BCUT2D eigenvalue weighted by Crippen LogP contribution is 2.34. The molecule has 1 aliphatic rings. The van der Waals surface area contributed by atoms with Gasteiger partial charge >= 0.3 is 0 Å². The summed E-state index contributed by atoms with van der Waals surface area (Å²) in [4.78, 5) is 20.8. The average molecular weight is 397 g/mol. The first-order chi connectivity index (χ1) is 14.2. The Morgan fingerprint density at radius 2 is 2.07 bits per heavy atom. The topological polar surface area (TPSA) is 86.4 Å². The summed E-state index contributed by atoms with van der Waals surface area (Å²) in [6.45, 7) is 1.74. The highest BCUT2D eigenvalue weighted by Gasteiger charge is 2.23. The van der Waals surface area contributed by atoms with Gasteiger partial charge in [-0.15, -0.1) is 0 Å². The molecule has 0 bridgehead atoms. The number of hydroxylamine groups is 1. The van der Waals surface area contributed by atoms with Gasteiger partial charge in [0.05, 0.1) is 17.9 Å². The molecule has 4 N–H and O–H groups in total. The van der Waals surface area contributed by atoms with Crippen molar-refractivity contribution >= 4 is 16.8 Å². The van der Waals surface area contributed by atoms with Gasteiger partial charge in [0.25, 0.3) is 5.91 Å². The van der Waals surface area contributed by atoms with Gasteiger partial charge in [0.2, 0.25) is 0 Å². The predicted octanol–water partition coefficient (Wildman–Crippen LogP) is 3.05. The maximum Gasteiger partial charge on any atom is 0.275 e. The third-order valence-corrected chi connectivity index (χ3v) is 5.23. The number of hydrogen-bond acceptors (Lipinski definition) is 4. The van der Waals surface area contributed by atoms with Crippen molar-refractivity contribution in [3.8, 4) is 11.3 Å². The lowest BCUT2D eigenvalue weighted by atomic mass is 10.00. The summed E-state index contributed by atoms with van der Waals surface area (Å²) in [5.41, 5.74) is 6.83. The van der Waals surface area contributed by atoms with Crippen molar-refractivity contribution in [1.82, 2.24) is 15.8 Å². The van der Waals surface area contributed by atoms with Crippen molar-refractivity contribution in [3.63, 3.8) is 0 Å². The van der Waals surface area contributed by atoms with E-state index in [-0.39, 0.29) is 24.9 Å². The largest absolute Gasteiger partial charge is 0.395 e. The summed E-state index contributed by atoms with van der Waals surface area (Å²) in [5, 5.41) is 12.7. The molecule has 0 unspecified atom stereocenters. The Kier molecular flexibility index (Phi) is 5.89. The van der Waals surface area contributed by atoms with E-state index in [4.69, 9.17) is 9.94 Å². The molecule has 0 atom stereocenters. The number of aromatic amines is 1. The lowest BCUT2D eigenvalue weighted by Crippen LogP contribution is -2.21. The van der Waals surface area contributed by atoms with Crippen LogP contribution in [0.15, 0.2) is 36.4 Å². The van der Waals surface area contributed by atoms with Gasteiger partial charge in [0, 0.05) is 28.6 Å². The molecule has 29 heavy (non-hydrogen) atoms. The zero-order chi connectivity index (χ0) is 20.2. The van der Waals surface area contributed by atoms with E-state index >= 15 is 0 Å². The van der Waals surface area contributed by atoms with Crippen LogP contribution in [0.25, 0.3) is 22.2 Å². The standard InChI is InChI=1S/C22H24FN3O3/c23-18-12-15(8-7-14(18)4-1-2-9-24-10-11-27)21-17-13-29-26-22(28)16-5-3-6-19(25-21)20(16)17/h3,5-8,12,24-25,27H,1-2,4,9-11,13H2,(H,26,28). The van der Waals surface area contributed by atoms with Gasteiger partial charge in [-0.1, -0.05) is 18.2 Å². The second-order valence-electron chi connectivity index (χ2n) is 7.16. The van der Waals surface area contributed by atoms with E-state index in [1.165, 1.54) is 0 Å². The summed E-state index contributed by atoms with van der Waals surface area (Å²) in [5.74, 6) is -0.518. The van der Waals surface area contributed by atoms with Crippen LogP contribution in [0.4, 0.5) is 4.39 Å². The van der Waals surface area contributed by atoms with Gasteiger partial charge in [0.15, 0.2) is 0 Å². The number of H-pyrrole nitrogens is 1. The van der Waals surface area contributed by atoms with Crippen LogP contribution >= 0.6 is 0 Å². The van der Waals surface area contributed by atoms with E-state index in [0.717, 1.165) is 47.1 Å². The molecule has 7 heteroatoms. The summed E-state index contributed by atoms with van der Waals surface area (Å²) in [7, 11) is 0. The van der Waals surface area contributed by atoms with E-state index in [9.17, 15) is 9.18 Å². The molecule has 0 aliphatic carbocycles. The normalized spacial score (nSPS) is 13.5. The van der Waals surface area contributed by atoms with Gasteiger partial charge in [-0.2, -0.15) is 0 Å². The van der Waals surface area contributed by atoms with E-state index in [1.807, 2.05) is 24.3 Å². The summed E-state index contributed by atoms with van der Waals surface area (Å²) in [6.07, 6.45) is 2.46. The summed E-state index contributed by atoms with van der Waals surface area (Å²) >= 11 is 0. The molecule has 2 aromatic carbocycles. The molecule has 3 aromatic rings. The Morgan fingerprint density at radius 3 is 2.90 bits per heavy atom. The number of rotatable bonds is 8. The number of amides is 1. The molecular formula is C22H24FN3O3. The molecule has 1 amide bonds. The first-order valence-electron chi connectivity index (χ1n) is 9.85. The maximum absolute atomic E-state index is 14.7. The van der Waals surface area contributed by atoms with Crippen LogP contribution < -0.4 is 10.8 Å². The highest BCUT2D eigenvalue weighted by atomic mass is 19.1. The van der Waals surface area contributed by atoms with Gasteiger partial charge in [-0.3, -0.25) is 9.63 Å². The number of hydrogen-bond donors (Lipinski definition) is 4. The Bertz CT molecular complexity index is 1030. The van der Waals surface area contributed by atoms with E-state index in [0.29, 0.717) is 24.1 Å². The average Bonchev–Trinajstić information content (AvgIpc) is 3.01. The van der Waals surface area contributed by atoms with Gasteiger partial charge in [-0.05, 0) is 49.6 Å². The van der Waals surface area contributed by atoms with Crippen LogP contribution in [0.3, 0.4) is 0 Å². The maximum atomic E-state index is 14.7. The minimum Gasteiger partial charge on any atom is -0.395 e. The van der Waals surface area contributed by atoms with Gasteiger partial charge in [-0.25, -0.2) is 9.87 Å². The molecule has 0 spiro atoms. The Hall–Kier alpha value is -2.74. The van der Waals surface area contributed by atoms with Crippen molar-refractivity contribution in [2.45, 2.75) is 25.9 Å². The SMILES string of the molecule is O=C1NOCc2c(-c3ccc(CCCCNCCO)c(F)c3)[nH]c3cccc1c23. The molecule has 6 nitrogen and oxygen atoms in total. The van der Waals surface area contributed by atoms with Crippen LogP contribution in [-0.2, 0) is 17.9 Å². The fraction of sp³-hybridized carbons (Fsp3) is 0.318. The first kappa shape index (κ1) is 19.6. The fourth-order valence-corrected chi connectivity index (χ4v) is 3.80. The lowest BCUT2D eigenvalue weighted by molar-refractivity contribution is 0.0256. The number of nitrogens with one attached hydrogen (secondary N) is 3. The van der Waals surface area contributed by atoms with Crippen LogP contribution in [0.2, 0.25) is 0 Å². The monoisotopic (exact) mass is 397 g/mol. The molecule has 1 aliphatic heterocycles. The highest BCUT2D eigenvalue weighted by molar-refractivity contribution is 6.09. The van der Waals surface area contributed by atoms with Crippen LogP contribution in [0.1, 0.15) is 34.3 Å². The molecule has 4 rings (SSSR count). The number of aryl methyl sites for hydroxylation is 1. The number of benzene rings is 2. The Labute approximate surface area is 168 Å². The van der Waals surface area contributed by atoms with Crippen molar-refractivity contribution in [1.29, 1.82) is 0 Å². The second-order valence-corrected chi connectivity index (χ2v) is 7.16. The van der Waals surface area contributed by atoms with Crippen molar-refractivity contribution in [2.75, 3.05) is 19.7 Å². The number of unbranched alkanes of at least 4 members (excludes halogenated alkanes) is 1. The molecule has 0 fully saturated rings. The van der Waals surface area contributed by atoms with Crippen molar-refractivity contribution in [3.05, 3.63) is 58.9 Å². The summed E-state index contributed by atoms with van der Waals surface area (Å²) < 4.78 is 14.7. The molecular weight excluding hydrogens is 373 g/mol. The third-order valence-electron chi connectivity index (χ3n) is 5.23. The molecule has 0 saturated carbocycles. The smallest absolute Gasteiger partial charge is 0.275 e. The van der Waals surface area contributed by atoms with Crippen molar-refractivity contribution < 1.29 is 19.1 Å². The van der Waals surface area contributed by atoms with E-state index in [2.05, 4.69) is 15.8 Å². The third kappa shape index (κ3) is 4.03. The number of halogens is 1. The molecule has 2 heterocycles. The first-order valence-corrected chi connectivity index (χ1v) is 9.85. The quantitative estimate of drug-likeness (QED) is 0.440. The van der Waals surface area contributed by atoms with Crippen molar-refractivity contribution in [2.24, 2.45) is 0 Å². The van der Waals surface area contributed by atoms with Crippen LogP contribution in [0, 0.1) is 5.82 Å². The Morgan fingerprint density at radius 1 is 1.17 bits per heavy atom. The van der Waals surface area contributed by atoms with E-state index in [1.54, 1.807) is 12.1 Å². The minimum absolute atomic E-state index is 0.128. The van der Waals surface area contributed by atoms with Crippen LogP contribution in [0.5, 0.6) is 0 Å². The number of carbonyl (C=O) groups is 1. The number of aliphatic hydroxyl groups is 1. The number of aromatic nitrogens is 1. The van der Waals surface area contributed by atoms with Gasteiger partial charge in [0.1, 0.15) is 12.4 Å². The summed E-state index contributed by atoms with van der Waals surface area (Å²) in [6, 6.07) is 10.7. The van der Waals surface area contributed by atoms with E-state index < -0.39 is 0 Å². The number of carbonyl (C=O) groups excluding carboxylic acids is 1. The van der Waals surface area contributed by atoms with Gasteiger partial charge < -0.3 is 15.4 Å². The predicted molar refractivity (Wildman–Crippen MR) is 109 cm³/mol. The molecule has 152 valence electrons. The Balaban J connectivity index is 1.57. The lowest BCUT2D eigenvalue weighted by Gasteiger charge is -2.08. The molecule has 1 aromatic heterocycles. The number of aliphatic hydroxyl groups excluding tert-OH is 1. The zero-order valence-corrected chi connectivity index (χ0v) is 16.1. The zero-order valence-electron chi connectivity index (χ0n) is 16.1. The fourth-order valence-electron chi connectivity index (χ4n) is 3.80. The minimum atomic E-state index is -0.282. The van der Waals surface area contributed by atoms with Crippen LogP contribution in [-0.4, -0.2) is 35.7 Å². The molecule has 0 saturated heterocycles. The second kappa shape index (κ2) is 8.73.